The smallest absolute Gasteiger partial charge is 0.234 e. The number of piperazine rings is 1. The number of benzene rings is 1. The van der Waals surface area contributed by atoms with Crippen LogP contribution in [0.25, 0.3) is 0 Å². The maximum Gasteiger partial charge on any atom is 0.234 e. The van der Waals surface area contributed by atoms with E-state index in [-0.39, 0.29) is 17.9 Å². The van der Waals surface area contributed by atoms with Crippen LogP contribution in [0.1, 0.15) is 31.2 Å². The Hall–Kier alpha value is -1.67. The molecular formula is C22H30ClN3O4. The molecule has 1 spiro atoms. The van der Waals surface area contributed by atoms with Gasteiger partial charge in [-0.1, -0.05) is 29.8 Å². The van der Waals surface area contributed by atoms with Crippen molar-refractivity contribution in [3.05, 3.63) is 34.9 Å². The number of carbonyl (C=O) groups is 2. The molecule has 0 radical (unpaired) electrons. The molecule has 2 amide bonds. The molecule has 1 N–H and O–H groups in total. The molecule has 2 heterocycles. The number of ether oxygens (including phenoxy) is 2. The van der Waals surface area contributed by atoms with Gasteiger partial charge < -0.3 is 19.7 Å². The fourth-order valence-corrected chi connectivity index (χ4v) is 4.74. The van der Waals surface area contributed by atoms with Crippen LogP contribution in [0.3, 0.4) is 0 Å². The lowest BCUT2D eigenvalue weighted by molar-refractivity contribution is -0.180. The van der Waals surface area contributed by atoms with E-state index in [0.717, 1.165) is 31.2 Å². The zero-order valence-corrected chi connectivity index (χ0v) is 18.0. The predicted octanol–water partition coefficient (Wildman–Crippen LogP) is 1.83. The van der Waals surface area contributed by atoms with E-state index in [9.17, 15) is 9.59 Å². The molecule has 3 fully saturated rings. The average molecular weight is 436 g/mol. The van der Waals surface area contributed by atoms with Crippen molar-refractivity contribution in [1.29, 1.82) is 0 Å². The van der Waals surface area contributed by atoms with Crippen LogP contribution in [0.5, 0.6) is 0 Å². The van der Waals surface area contributed by atoms with Crippen LogP contribution in [-0.4, -0.2) is 79.4 Å². The second-order valence-corrected chi connectivity index (χ2v) is 8.78. The first-order valence-corrected chi connectivity index (χ1v) is 11.2. The van der Waals surface area contributed by atoms with Crippen LogP contribution in [-0.2, 0) is 25.5 Å². The van der Waals surface area contributed by atoms with Crippen LogP contribution in [0.2, 0.25) is 5.02 Å². The lowest BCUT2D eigenvalue weighted by Crippen LogP contribution is -2.52. The molecule has 1 aromatic carbocycles. The van der Waals surface area contributed by atoms with Gasteiger partial charge in [-0.05, 0) is 24.5 Å². The van der Waals surface area contributed by atoms with Crippen molar-refractivity contribution in [1.82, 2.24) is 15.1 Å². The van der Waals surface area contributed by atoms with Crippen LogP contribution < -0.4 is 5.32 Å². The number of carbonyl (C=O) groups excluding carboxylic acids is 2. The lowest BCUT2D eigenvalue weighted by atomic mass is 9.90. The number of halogens is 1. The van der Waals surface area contributed by atoms with Gasteiger partial charge >= 0.3 is 0 Å². The normalized spacial score (nSPS) is 22.4. The van der Waals surface area contributed by atoms with Crippen LogP contribution >= 0.6 is 11.6 Å². The Balaban J connectivity index is 1.16. The van der Waals surface area contributed by atoms with E-state index in [1.807, 2.05) is 23.1 Å². The quantitative estimate of drug-likeness (QED) is 0.764. The molecule has 1 aromatic rings. The molecule has 7 nitrogen and oxygen atoms in total. The molecule has 0 atom stereocenters. The van der Waals surface area contributed by atoms with E-state index in [0.29, 0.717) is 57.4 Å². The topological polar surface area (TPSA) is 71.1 Å². The Labute approximate surface area is 182 Å². The summed E-state index contributed by atoms with van der Waals surface area (Å²) in [6.45, 7) is 4.40. The van der Waals surface area contributed by atoms with E-state index in [1.54, 1.807) is 6.07 Å². The maximum atomic E-state index is 12.6. The zero-order valence-electron chi connectivity index (χ0n) is 17.3. The second-order valence-electron chi connectivity index (χ2n) is 8.37. The van der Waals surface area contributed by atoms with Crippen LogP contribution in [0, 0.1) is 0 Å². The van der Waals surface area contributed by atoms with Crippen molar-refractivity contribution in [3.63, 3.8) is 0 Å². The molecule has 1 saturated carbocycles. The van der Waals surface area contributed by atoms with Gasteiger partial charge in [0.1, 0.15) is 0 Å². The molecule has 1 aliphatic carbocycles. The molecule has 164 valence electrons. The molecule has 0 unspecified atom stereocenters. The first-order valence-electron chi connectivity index (χ1n) is 10.8. The molecule has 0 bridgehead atoms. The second kappa shape index (κ2) is 9.64. The van der Waals surface area contributed by atoms with Crippen molar-refractivity contribution in [2.75, 3.05) is 45.9 Å². The molecule has 0 aromatic heterocycles. The highest BCUT2D eigenvalue weighted by Gasteiger charge is 2.40. The Kier molecular flexibility index (Phi) is 6.93. The van der Waals surface area contributed by atoms with Gasteiger partial charge in [0.2, 0.25) is 11.8 Å². The van der Waals surface area contributed by atoms with Gasteiger partial charge in [-0.3, -0.25) is 14.5 Å². The highest BCUT2D eigenvalue weighted by atomic mass is 35.5. The van der Waals surface area contributed by atoms with E-state index < -0.39 is 5.79 Å². The standard InChI is InChI=1S/C22H30ClN3O4/c23-19-4-2-1-3-17(19)15-21(28)26-11-9-25(10-12-26)16-20(27)24-18-5-7-22(8-6-18)29-13-14-30-22/h1-4,18H,5-16H2,(H,24,27). The third kappa shape index (κ3) is 5.32. The number of nitrogens with one attached hydrogen (secondary N) is 1. The summed E-state index contributed by atoms with van der Waals surface area (Å²) in [5, 5.41) is 3.78. The minimum Gasteiger partial charge on any atom is -0.352 e. The van der Waals surface area contributed by atoms with Gasteiger partial charge in [0, 0.05) is 50.1 Å². The van der Waals surface area contributed by atoms with Gasteiger partial charge in [-0.2, -0.15) is 0 Å². The van der Waals surface area contributed by atoms with Gasteiger partial charge in [0.05, 0.1) is 26.2 Å². The van der Waals surface area contributed by atoms with Crippen LogP contribution in [0.4, 0.5) is 0 Å². The SMILES string of the molecule is O=C(CN1CCN(C(=O)Cc2ccccc2Cl)CC1)NC1CCC2(CC1)OCCO2. The minimum absolute atomic E-state index is 0.0556. The van der Waals surface area contributed by atoms with Gasteiger partial charge in [-0.25, -0.2) is 0 Å². The summed E-state index contributed by atoms with van der Waals surface area (Å²) >= 11 is 6.17. The highest BCUT2D eigenvalue weighted by Crippen LogP contribution is 2.35. The van der Waals surface area contributed by atoms with Crippen molar-refractivity contribution in [2.24, 2.45) is 0 Å². The molecule has 2 saturated heterocycles. The maximum absolute atomic E-state index is 12.6. The molecular weight excluding hydrogens is 406 g/mol. The van der Waals surface area contributed by atoms with Gasteiger partial charge in [-0.15, -0.1) is 0 Å². The number of nitrogens with zero attached hydrogens (tertiary/aromatic N) is 2. The third-order valence-electron chi connectivity index (χ3n) is 6.32. The summed E-state index contributed by atoms with van der Waals surface area (Å²) in [6, 6.07) is 7.64. The number of hydrogen-bond acceptors (Lipinski definition) is 5. The summed E-state index contributed by atoms with van der Waals surface area (Å²) in [7, 11) is 0. The van der Waals surface area contributed by atoms with Gasteiger partial charge in [0.15, 0.2) is 5.79 Å². The third-order valence-corrected chi connectivity index (χ3v) is 6.69. The monoisotopic (exact) mass is 435 g/mol. The summed E-state index contributed by atoms with van der Waals surface area (Å²) in [4.78, 5) is 29.0. The van der Waals surface area contributed by atoms with Crippen molar-refractivity contribution in [2.45, 2.75) is 43.9 Å². The number of rotatable bonds is 5. The number of amides is 2. The first-order chi connectivity index (χ1) is 14.5. The highest BCUT2D eigenvalue weighted by molar-refractivity contribution is 6.31. The van der Waals surface area contributed by atoms with Crippen molar-refractivity contribution >= 4 is 23.4 Å². The average Bonchev–Trinajstić information content (AvgIpc) is 3.20. The fourth-order valence-electron chi connectivity index (χ4n) is 4.54. The Bertz CT molecular complexity index is 751. The fraction of sp³-hybridized carbons (Fsp3) is 0.636. The van der Waals surface area contributed by atoms with E-state index >= 15 is 0 Å². The predicted molar refractivity (Wildman–Crippen MR) is 113 cm³/mol. The molecule has 2 aliphatic heterocycles. The summed E-state index contributed by atoms with van der Waals surface area (Å²) in [5.41, 5.74) is 0.855. The van der Waals surface area contributed by atoms with E-state index in [1.165, 1.54) is 0 Å². The van der Waals surface area contributed by atoms with Crippen LogP contribution in [0.15, 0.2) is 24.3 Å². The molecule has 3 aliphatic rings. The molecule has 30 heavy (non-hydrogen) atoms. The largest absolute Gasteiger partial charge is 0.352 e. The van der Waals surface area contributed by atoms with E-state index in [2.05, 4.69) is 10.2 Å². The Morgan fingerprint density at radius 2 is 1.73 bits per heavy atom. The summed E-state index contributed by atoms with van der Waals surface area (Å²) < 4.78 is 11.5. The molecule has 8 heteroatoms. The lowest BCUT2D eigenvalue weighted by Gasteiger charge is -2.37. The number of hydrogen-bond donors (Lipinski definition) is 1. The van der Waals surface area contributed by atoms with Crippen molar-refractivity contribution in [3.8, 4) is 0 Å². The minimum atomic E-state index is -0.395. The van der Waals surface area contributed by atoms with E-state index in [4.69, 9.17) is 21.1 Å². The van der Waals surface area contributed by atoms with Crippen molar-refractivity contribution < 1.29 is 19.1 Å². The Morgan fingerprint density at radius 1 is 1.07 bits per heavy atom. The summed E-state index contributed by atoms with van der Waals surface area (Å²) in [5.74, 6) is -0.256. The Morgan fingerprint density at radius 3 is 2.40 bits per heavy atom. The zero-order chi connectivity index (χ0) is 21.0. The first kappa shape index (κ1) is 21.6. The molecule has 4 rings (SSSR count). The van der Waals surface area contributed by atoms with Gasteiger partial charge in [0.25, 0.3) is 0 Å². The summed E-state index contributed by atoms with van der Waals surface area (Å²) in [6.07, 6.45) is 3.76.